The summed E-state index contributed by atoms with van der Waals surface area (Å²) in [6.45, 7) is 4.84. The van der Waals surface area contributed by atoms with Gasteiger partial charge in [-0.15, -0.1) is 0 Å². The van der Waals surface area contributed by atoms with Crippen molar-refractivity contribution < 1.29 is 14.4 Å². The number of benzene rings is 2. The molecule has 2 aromatic carbocycles. The highest BCUT2D eigenvalue weighted by Crippen LogP contribution is 2.19. The van der Waals surface area contributed by atoms with E-state index in [0.717, 1.165) is 17.5 Å². The number of ketones is 1. The molecule has 6 nitrogen and oxygen atoms in total. The number of Topliss-reactive ketones (excluding diaryl/α,β-unsaturated/α-hetero) is 1. The van der Waals surface area contributed by atoms with Crippen molar-refractivity contribution in [2.45, 2.75) is 26.4 Å². The molecule has 0 spiro atoms. The van der Waals surface area contributed by atoms with Crippen LogP contribution in [0.1, 0.15) is 40.1 Å². The highest BCUT2D eigenvalue weighted by Gasteiger charge is 2.12. The lowest BCUT2D eigenvalue weighted by Gasteiger charge is -2.21. The van der Waals surface area contributed by atoms with Gasteiger partial charge in [-0.3, -0.25) is 14.4 Å². The fourth-order valence-corrected chi connectivity index (χ4v) is 2.71. The van der Waals surface area contributed by atoms with Crippen molar-refractivity contribution in [3.63, 3.8) is 0 Å². The Morgan fingerprint density at radius 3 is 2.46 bits per heavy atom. The molecule has 148 valence electrons. The van der Waals surface area contributed by atoms with E-state index in [1.54, 1.807) is 25.1 Å². The molecular weight excluding hydrogens is 354 g/mol. The molecule has 0 saturated carbocycles. The van der Waals surface area contributed by atoms with Crippen LogP contribution in [0.5, 0.6) is 0 Å². The van der Waals surface area contributed by atoms with Crippen LogP contribution >= 0.6 is 0 Å². The molecule has 28 heavy (non-hydrogen) atoms. The van der Waals surface area contributed by atoms with E-state index >= 15 is 0 Å². The summed E-state index contributed by atoms with van der Waals surface area (Å²) in [4.78, 5) is 37.0. The molecule has 0 saturated heterocycles. The lowest BCUT2D eigenvalue weighted by atomic mass is 10.1. The van der Waals surface area contributed by atoms with Crippen LogP contribution in [0, 0.1) is 0 Å². The minimum atomic E-state index is -0.254. The molecule has 0 bridgehead atoms. The molecule has 0 aromatic heterocycles. The smallest absolute Gasteiger partial charge is 0.251 e. The summed E-state index contributed by atoms with van der Waals surface area (Å²) in [5.74, 6) is -0.202. The Labute approximate surface area is 165 Å². The summed E-state index contributed by atoms with van der Waals surface area (Å²) in [6.07, 6.45) is 0.743. The van der Waals surface area contributed by atoms with E-state index in [0.29, 0.717) is 30.8 Å². The van der Waals surface area contributed by atoms with Gasteiger partial charge >= 0.3 is 0 Å². The van der Waals surface area contributed by atoms with E-state index in [-0.39, 0.29) is 17.7 Å². The van der Waals surface area contributed by atoms with Gasteiger partial charge in [0.25, 0.3) is 5.91 Å². The summed E-state index contributed by atoms with van der Waals surface area (Å²) < 4.78 is 0. The van der Waals surface area contributed by atoms with Gasteiger partial charge in [0.2, 0.25) is 0 Å². The number of carbonyl (C=O) groups excluding carboxylic acids is 3. The van der Waals surface area contributed by atoms with Crippen LogP contribution < -0.4 is 15.5 Å². The van der Waals surface area contributed by atoms with Crippen molar-refractivity contribution >= 4 is 23.7 Å². The Morgan fingerprint density at radius 2 is 1.82 bits per heavy atom. The Morgan fingerprint density at radius 1 is 1.11 bits per heavy atom. The maximum atomic E-state index is 12.5. The van der Waals surface area contributed by atoms with Crippen LogP contribution in [0.3, 0.4) is 0 Å². The van der Waals surface area contributed by atoms with Gasteiger partial charge in [-0.05, 0) is 37.6 Å². The number of carbonyl (C=O) groups is 3. The molecule has 0 aliphatic heterocycles. The molecule has 2 rings (SSSR count). The number of nitrogens with one attached hydrogen (secondary N) is 2. The third-order valence-electron chi connectivity index (χ3n) is 4.51. The van der Waals surface area contributed by atoms with Crippen LogP contribution in [0.25, 0.3) is 0 Å². The standard InChI is InChI=1S/C22H27N3O3/c1-16(17(2)27)23-9-10-24-22(28)20-11-19(15-26)12-21(13-20)25(3)14-18-7-5-4-6-8-18/h4-8,11-13,15-16,23H,9-10,14H2,1-3H3,(H,24,28)/t16-/m0/s1. The molecule has 0 radical (unpaired) electrons. The van der Waals surface area contributed by atoms with Gasteiger partial charge in [-0.1, -0.05) is 30.3 Å². The number of hydrogen-bond donors (Lipinski definition) is 2. The molecule has 0 aliphatic rings. The Bertz CT molecular complexity index is 821. The quantitative estimate of drug-likeness (QED) is 0.488. The first-order chi connectivity index (χ1) is 13.4. The van der Waals surface area contributed by atoms with Crippen LogP contribution in [-0.2, 0) is 11.3 Å². The minimum Gasteiger partial charge on any atom is -0.370 e. The number of amides is 1. The van der Waals surface area contributed by atoms with Crippen molar-refractivity contribution in [1.82, 2.24) is 10.6 Å². The first kappa shape index (κ1) is 21.3. The summed E-state index contributed by atoms with van der Waals surface area (Å²) in [5, 5.41) is 5.85. The SMILES string of the molecule is CC(=O)[C@H](C)NCCNC(=O)c1cc(C=O)cc(N(C)Cc2ccccc2)c1. The van der Waals surface area contributed by atoms with Gasteiger partial charge in [0.05, 0.1) is 6.04 Å². The summed E-state index contributed by atoms with van der Waals surface area (Å²) in [6, 6.07) is 14.9. The number of hydrogen-bond acceptors (Lipinski definition) is 5. The number of rotatable bonds is 10. The normalized spacial score (nSPS) is 11.5. The molecule has 2 N–H and O–H groups in total. The van der Waals surface area contributed by atoms with Crippen LogP contribution in [0.15, 0.2) is 48.5 Å². The molecule has 2 aromatic rings. The highest BCUT2D eigenvalue weighted by atomic mass is 16.1. The molecule has 1 atom stereocenters. The summed E-state index contributed by atoms with van der Waals surface area (Å²) in [5.41, 5.74) is 2.81. The second kappa shape index (κ2) is 10.4. The first-order valence-corrected chi connectivity index (χ1v) is 9.28. The predicted molar refractivity (Wildman–Crippen MR) is 111 cm³/mol. The minimum absolute atomic E-state index is 0.0519. The molecule has 0 fully saturated rings. The third kappa shape index (κ3) is 6.32. The van der Waals surface area contributed by atoms with Gasteiger partial charge in [0.1, 0.15) is 12.1 Å². The van der Waals surface area contributed by atoms with Crippen LogP contribution in [-0.4, -0.2) is 44.2 Å². The van der Waals surface area contributed by atoms with E-state index in [9.17, 15) is 14.4 Å². The van der Waals surface area contributed by atoms with E-state index in [4.69, 9.17) is 0 Å². The zero-order valence-electron chi connectivity index (χ0n) is 16.6. The van der Waals surface area contributed by atoms with Crippen molar-refractivity contribution in [2.24, 2.45) is 0 Å². The molecule has 0 unspecified atom stereocenters. The number of nitrogens with zero attached hydrogens (tertiary/aromatic N) is 1. The fraction of sp³-hybridized carbons (Fsp3) is 0.318. The molecular formula is C22H27N3O3. The summed E-state index contributed by atoms with van der Waals surface area (Å²) in [7, 11) is 1.92. The van der Waals surface area contributed by atoms with Crippen molar-refractivity contribution in [3.8, 4) is 0 Å². The second-order valence-corrected chi connectivity index (χ2v) is 6.82. The highest BCUT2D eigenvalue weighted by molar-refractivity contribution is 5.97. The van der Waals surface area contributed by atoms with Crippen LogP contribution in [0.2, 0.25) is 0 Å². The third-order valence-corrected chi connectivity index (χ3v) is 4.51. The molecule has 6 heteroatoms. The number of aldehydes is 1. The van der Waals surface area contributed by atoms with Crippen molar-refractivity contribution in [1.29, 1.82) is 0 Å². The van der Waals surface area contributed by atoms with Gasteiger partial charge < -0.3 is 15.5 Å². The lowest BCUT2D eigenvalue weighted by Crippen LogP contribution is -2.38. The Hall–Kier alpha value is -2.99. The average Bonchev–Trinajstić information content (AvgIpc) is 2.71. The van der Waals surface area contributed by atoms with E-state index in [2.05, 4.69) is 10.6 Å². The lowest BCUT2D eigenvalue weighted by molar-refractivity contribution is -0.118. The number of anilines is 1. The zero-order chi connectivity index (χ0) is 20.5. The first-order valence-electron chi connectivity index (χ1n) is 9.28. The summed E-state index contributed by atoms with van der Waals surface area (Å²) >= 11 is 0. The van der Waals surface area contributed by atoms with E-state index in [1.807, 2.05) is 42.3 Å². The van der Waals surface area contributed by atoms with Gasteiger partial charge in [-0.25, -0.2) is 0 Å². The van der Waals surface area contributed by atoms with Gasteiger partial charge in [0.15, 0.2) is 0 Å². The maximum absolute atomic E-state index is 12.5. The predicted octanol–water partition coefficient (Wildman–Crippen LogP) is 2.43. The molecule has 1 amide bonds. The zero-order valence-corrected chi connectivity index (χ0v) is 16.6. The van der Waals surface area contributed by atoms with Crippen molar-refractivity contribution in [3.05, 3.63) is 65.2 Å². The average molecular weight is 381 g/mol. The largest absolute Gasteiger partial charge is 0.370 e. The van der Waals surface area contributed by atoms with Gasteiger partial charge in [0, 0.05) is 43.5 Å². The second-order valence-electron chi connectivity index (χ2n) is 6.82. The maximum Gasteiger partial charge on any atom is 0.251 e. The van der Waals surface area contributed by atoms with Gasteiger partial charge in [-0.2, -0.15) is 0 Å². The van der Waals surface area contributed by atoms with Crippen LogP contribution in [0.4, 0.5) is 5.69 Å². The Balaban J connectivity index is 2.03. The molecule has 0 heterocycles. The van der Waals surface area contributed by atoms with Crippen molar-refractivity contribution in [2.75, 3.05) is 25.0 Å². The fourth-order valence-electron chi connectivity index (χ4n) is 2.71. The monoisotopic (exact) mass is 381 g/mol. The topological polar surface area (TPSA) is 78.5 Å². The van der Waals surface area contributed by atoms with E-state index in [1.165, 1.54) is 6.92 Å². The Kier molecular flexibility index (Phi) is 7.89. The molecule has 0 aliphatic carbocycles. The van der Waals surface area contributed by atoms with E-state index < -0.39 is 0 Å².